The normalized spacial score (nSPS) is 12.5. The van der Waals surface area contributed by atoms with E-state index in [0.717, 1.165) is 24.5 Å². The summed E-state index contributed by atoms with van der Waals surface area (Å²) in [5, 5.41) is 6.37. The predicted molar refractivity (Wildman–Crippen MR) is 91.2 cm³/mol. The van der Waals surface area contributed by atoms with Gasteiger partial charge in [-0.3, -0.25) is 4.99 Å². The van der Waals surface area contributed by atoms with Crippen molar-refractivity contribution in [2.75, 3.05) is 27.2 Å². The van der Waals surface area contributed by atoms with Crippen molar-refractivity contribution < 1.29 is 9.13 Å². The Hall–Kier alpha value is -0.890. The molecule has 2 N–H and O–H groups in total. The molecule has 0 amide bonds. The zero-order valence-electron chi connectivity index (χ0n) is 12.1. The number of nitrogens with zero attached hydrogens (tertiary/aromatic N) is 1. The highest BCUT2D eigenvalue weighted by molar-refractivity contribution is 14.0. The molecule has 1 aromatic rings. The number of halogens is 2. The molecule has 0 spiro atoms. The van der Waals surface area contributed by atoms with Crippen LogP contribution in [0, 0.1) is 5.82 Å². The molecule has 6 heteroatoms. The maximum absolute atomic E-state index is 12.9. The van der Waals surface area contributed by atoms with Gasteiger partial charge in [0, 0.05) is 27.2 Å². The quantitative estimate of drug-likeness (QED) is 0.443. The first-order valence-electron chi connectivity index (χ1n) is 6.44. The number of hydrogen-bond acceptors (Lipinski definition) is 2. The number of nitrogens with one attached hydrogen (secondary N) is 2. The second-order valence-electron chi connectivity index (χ2n) is 4.16. The molecule has 0 aliphatic carbocycles. The lowest BCUT2D eigenvalue weighted by atomic mass is 10.1. The third-order valence-electron chi connectivity index (χ3n) is 2.75. The summed E-state index contributed by atoms with van der Waals surface area (Å²) in [6, 6.07) is 6.33. The largest absolute Gasteiger partial charge is 0.375 e. The first kappa shape index (κ1) is 19.1. The smallest absolute Gasteiger partial charge is 0.191 e. The summed E-state index contributed by atoms with van der Waals surface area (Å²) in [4.78, 5) is 4.12. The van der Waals surface area contributed by atoms with Crippen LogP contribution < -0.4 is 10.6 Å². The van der Waals surface area contributed by atoms with Gasteiger partial charge in [0.15, 0.2) is 5.96 Å². The van der Waals surface area contributed by atoms with Crippen molar-refractivity contribution in [2.45, 2.75) is 19.4 Å². The zero-order valence-corrected chi connectivity index (χ0v) is 14.5. The fraction of sp³-hybridized carbons (Fsp3) is 0.500. The van der Waals surface area contributed by atoms with E-state index in [4.69, 9.17) is 4.74 Å². The second-order valence-corrected chi connectivity index (χ2v) is 4.16. The van der Waals surface area contributed by atoms with Crippen LogP contribution in [0.15, 0.2) is 29.3 Å². The van der Waals surface area contributed by atoms with Crippen LogP contribution in [0.5, 0.6) is 0 Å². The van der Waals surface area contributed by atoms with Gasteiger partial charge in [-0.05, 0) is 24.1 Å². The first-order chi connectivity index (χ1) is 9.21. The van der Waals surface area contributed by atoms with E-state index in [1.165, 1.54) is 12.1 Å². The van der Waals surface area contributed by atoms with Crippen molar-refractivity contribution in [1.82, 2.24) is 10.6 Å². The predicted octanol–water partition coefficient (Wildman–Crippen LogP) is 2.71. The average molecular weight is 395 g/mol. The van der Waals surface area contributed by atoms with E-state index in [9.17, 15) is 4.39 Å². The number of methoxy groups -OCH3 is 1. The molecule has 0 aliphatic rings. The van der Waals surface area contributed by atoms with Gasteiger partial charge in [-0.15, -0.1) is 24.0 Å². The van der Waals surface area contributed by atoms with Gasteiger partial charge in [0.1, 0.15) is 5.82 Å². The van der Waals surface area contributed by atoms with Crippen molar-refractivity contribution >= 4 is 29.9 Å². The third kappa shape index (κ3) is 6.51. The van der Waals surface area contributed by atoms with Crippen LogP contribution in [0.2, 0.25) is 0 Å². The van der Waals surface area contributed by atoms with Gasteiger partial charge in [0.05, 0.1) is 6.10 Å². The van der Waals surface area contributed by atoms with Crippen molar-refractivity contribution in [3.8, 4) is 0 Å². The molecule has 1 unspecified atom stereocenters. The number of aliphatic imine (C=N–C) groups is 1. The van der Waals surface area contributed by atoms with Gasteiger partial charge < -0.3 is 15.4 Å². The lowest BCUT2D eigenvalue weighted by Crippen LogP contribution is -2.39. The molecule has 1 rings (SSSR count). The Morgan fingerprint density at radius 3 is 2.45 bits per heavy atom. The molecule has 0 aliphatic heterocycles. The minimum absolute atomic E-state index is 0. The summed E-state index contributed by atoms with van der Waals surface area (Å²) in [6.45, 7) is 3.54. The Bertz CT molecular complexity index is 398. The van der Waals surface area contributed by atoms with Crippen molar-refractivity contribution in [3.63, 3.8) is 0 Å². The number of benzene rings is 1. The summed E-state index contributed by atoms with van der Waals surface area (Å²) >= 11 is 0. The Morgan fingerprint density at radius 2 is 1.95 bits per heavy atom. The number of guanidine groups is 1. The van der Waals surface area contributed by atoms with Crippen molar-refractivity contribution in [3.05, 3.63) is 35.6 Å². The fourth-order valence-electron chi connectivity index (χ4n) is 1.67. The zero-order chi connectivity index (χ0) is 14.1. The van der Waals surface area contributed by atoms with Crippen LogP contribution in [0.4, 0.5) is 4.39 Å². The highest BCUT2D eigenvalue weighted by atomic mass is 127. The van der Waals surface area contributed by atoms with E-state index in [1.54, 1.807) is 26.3 Å². The van der Waals surface area contributed by atoms with Crippen LogP contribution in [-0.2, 0) is 4.74 Å². The van der Waals surface area contributed by atoms with E-state index < -0.39 is 0 Å². The third-order valence-corrected chi connectivity index (χ3v) is 2.75. The highest BCUT2D eigenvalue weighted by Gasteiger charge is 2.11. The number of hydrogen-bond donors (Lipinski definition) is 2. The Labute approximate surface area is 137 Å². The summed E-state index contributed by atoms with van der Waals surface area (Å²) in [5.41, 5.74) is 0.933. The molecule has 0 fully saturated rings. The molecule has 20 heavy (non-hydrogen) atoms. The monoisotopic (exact) mass is 395 g/mol. The van der Waals surface area contributed by atoms with Crippen LogP contribution in [-0.4, -0.2) is 33.2 Å². The van der Waals surface area contributed by atoms with E-state index in [0.29, 0.717) is 6.54 Å². The van der Waals surface area contributed by atoms with Crippen LogP contribution in [0.3, 0.4) is 0 Å². The van der Waals surface area contributed by atoms with Crippen LogP contribution in [0.25, 0.3) is 0 Å². The molecule has 0 aromatic heterocycles. The SMILES string of the molecule is CCCNC(=NC)NCC(OC)c1ccc(F)cc1.I. The molecule has 0 saturated carbocycles. The van der Waals surface area contributed by atoms with Gasteiger partial charge in [-0.25, -0.2) is 4.39 Å². The molecule has 1 aromatic carbocycles. The summed E-state index contributed by atoms with van der Waals surface area (Å²) < 4.78 is 18.3. The van der Waals surface area contributed by atoms with E-state index in [2.05, 4.69) is 22.5 Å². The Kier molecular flexibility index (Phi) is 10.4. The van der Waals surface area contributed by atoms with Crippen LogP contribution in [0.1, 0.15) is 25.0 Å². The van der Waals surface area contributed by atoms with E-state index in [-0.39, 0.29) is 35.9 Å². The number of rotatable bonds is 6. The average Bonchev–Trinajstić information content (AvgIpc) is 2.44. The molecule has 0 heterocycles. The Morgan fingerprint density at radius 1 is 1.30 bits per heavy atom. The maximum Gasteiger partial charge on any atom is 0.191 e. The van der Waals surface area contributed by atoms with Gasteiger partial charge in [-0.2, -0.15) is 0 Å². The maximum atomic E-state index is 12.9. The fourth-order valence-corrected chi connectivity index (χ4v) is 1.67. The molecule has 0 radical (unpaired) electrons. The molecule has 0 saturated heterocycles. The van der Waals surface area contributed by atoms with Gasteiger partial charge in [0.25, 0.3) is 0 Å². The standard InChI is InChI=1S/C14H22FN3O.HI/c1-4-9-17-14(16-2)18-10-13(19-3)11-5-7-12(15)8-6-11;/h5-8,13H,4,9-10H2,1-3H3,(H2,16,17,18);1H. The Balaban J connectivity index is 0.00000361. The van der Waals surface area contributed by atoms with E-state index >= 15 is 0 Å². The van der Waals surface area contributed by atoms with Gasteiger partial charge in [0.2, 0.25) is 0 Å². The molecular formula is C14H23FIN3O. The molecular weight excluding hydrogens is 372 g/mol. The van der Waals surface area contributed by atoms with E-state index in [1.807, 2.05) is 0 Å². The number of ether oxygens (including phenoxy) is 1. The van der Waals surface area contributed by atoms with Gasteiger partial charge >= 0.3 is 0 Å². The molecule has 1 atom stereocenters. The van der Waals surface area contributed by atoms with Crippen molar-refractivity contribution in [1.29, 1.82) is 0 Å². The summed E-state index contributed by atoms with van der Waals surface area (Å²) in [5.74, 6) is 0.498. The molecule has 114 valence electrons. The lowest BCUT2D eigenvalue weighted by Gasteiger charge is -2.18. The summed E-state index contributed by atoms with van der Waals surface area (Å²) in [6.07, 6.45) is 0.896. The summed E-state index contributed by atoms with van der Waals surface area (Å²) in [7, 11) is 3.36. The highest BCUT2D eigenvalue weighted by Crippen LogP contribution is 2.15. The van der Waals surface area contributed by atoms with Gasteiger partial charge in [-0.1, -0.05) is 19.1 Å². The van der Waals surface area contributed by atoms with Crippen molar-refractivity contribution in [2.24, 2.45) is 4.99 Å². The first-order valence-corrected chi connectivity index (χ1v) is 6.44. The minimum Gasteiger partial charge on any atom is -0.375 e. The topological polar surface area (TPSA) is 45.7 Å². The van der Waals surface area contributed by atoms with Crippen LogP contribution >= 0.6 is 24.0 Å². The minimum atomic E-state index is -0.244. The lowest BCUT2D eigenvalue weighted by molar-refractivity contribution is 0.106. The molecule has 4 nitrogen and oxygen atoms in total. The molecule has 0 bridgehead atoms. The second kappa shape index (κ2) is 10.8.